The monoisotopic (exact) mass is 269 g/mol. The van der Waals surface area contributed by atoms with Gasteiger partial charge in [0, 0.05) is 17.8 Å². The van der Waals surface area contributed by atoms with Crippen LogP contribution in [0.15, 0.2) is 53.7 Å². The molecule has 0 radical (unpaired) electrons. The van der Waals surface area contributed by atoms with Crippen molar-refractivity contribution in [2.24, 2.45) is 10.9 Å². The maximum Gasteiger partial charge on any atom is 0.170 e. The Morgan fingerprint density at radius 1 is 1.15 bits per heavy atom. The van der Waals surface area contributed by atoms with Gasteiger partial charge < -0.3 is 16.3 Å². The minimum Gasteiger partial charge on any atom is -0.409 e. The lowest BCUT2D eigenvalue weighted by Gasteiger charge is -2.08. The summed E-state index contributed by atoms with van der Waals surface area (Å²) in [4.78, 5) is 0. The van der Waals surface area contributed by atoms with E-state index < -0.39 is 0 Å². The van der Waals surface area contributed by atoms with Gasteiger partial charge in [0.2, 0.25) is 0 Å². The summed E-state index contributed by atoms with van der Waals surface area (Å²) in [5, 5.41) is 15.0. The molecule has 0 atom stereocenters. The predicted molar refractivity (Wildman–Crippen MR) is 82.1 cm³/mol. The number of hydrogen-bond donors (Lipinski definition) is 3. The van der Waals surface area contributed by atoms with Crippen LogP contribution in [-0.2, 0) is 13.0 Å². The third kappa shape index (κ3) is 3.51. The molecule has 0 aliphatic rings. The first kappa shape index (κ1) is 13.9. The van der Waals surface area contributed by atoms with Gasteiger partial charge in [-0.2, -0.15) is 0 Å². The van der Waals surface area contributed by atoms with E-state index in [4.69, 9.17) is 10.9 Å². The summed E-state index contributed by atoms with van der Waals surface area (Å²) in [5.74, 6) is 0.125. The van der Waals surface area contributed by atoms with Crippen molar-refractivity contribution in [2.45, 2.75) is 19.9 Å². The van der Waals surface area contributed by atoms with Crippen molar-refractivity contribution in [2.75, 3.05) is 5.32 Å². The van der Waals surface area contributed by atoms with Gasteiger partial charge in [-0.1, -0.05) is 48.5 Å². The molecule has 104 valence electrons. The lowest BCUT2D eigenvalue weighted by molar-refractivity contribution is 0.318. The zero-order valence-electron chi connectivity index (χ0n) is 11.5. The van der Waals surface area contributed by atoms with Crippen LogP contribution in [0.25, 0.3) is 0 Å². The average molecular weight is 269 g/mol. The molecular weight excluding hydrogens is 250 g/mol. The quantitative estimate of drug-likeness (QED) is 0.338. The summed E-state index contributed by atoms with van der Waals surface area (Å²) >= 11 is 0. The van der Waals surface area contributed by atoms with Crippen LogP contribution in [0.3, 0.4) is 0 Å². The van der Waals surface area contributed by atoms with Gasteiger partial charge >= 0.3 is 0 Å². The summed E-state index contributed by atoms with van der Waals surface area (Å²) < 4.78 is 0. The van der Waals surface area contributed by atoms with Gasteiger partial charge in [0.1, 0.15) is 0 Å². The second kappa shape index (κ2) is 6.61. The van der Waals surface area contributed by atoms with E-state index in [-0.39, 0.29) is 5.84 Å². The highest BCUT2D eigenvalue weighted by Gasteiger charge is 1.99. The highest BCUT2D eigenvalue weighted by molar-refractivity contribution is 5.96. The van der Waals surface area contributed by atoms with Crippen LogP contribution >= 0.6 is 0 Å². The molecule has 0 aliphatic carbocycles. The number of hydrogen-bond acceptors (Lipinski definition) is 3. The molecule has 0 saturated carbocycles. The van der Waals surface area contributed by atoms with Crippen molar-refractivity contribution < 1.29 is 5.21 Å². The lowest BCUT2D eigenvalue weighted by atomic mass is 10.1. The van der Waals surface area contributed by atoms with Crippen LogP contribution in [0, 0.1) is 0 Å². The second-order valence-corrected chi connectivity index (χ2v) is 4.59. The molecule has 0 fully saturated rings. The van der Waals surface area contributed by atoms with E-state index in [1.807, 2.05) is 24.3 Å². The van der Waals surface area contributed by atoms with E-state index in [9.17, 15) is 0 Å². The van der Waals surface area contributed by atoms with E-state index in [0.29, 0.717) is 5.56 Å². The van der Waals surface area contributed by atoms with E-state index in [0.717, 1.165) is 24.2 Å². The molecule has 2 aromatic carbocycles. The molecule has 2 aromatic rings. The molecule has 0 aromatic heterocycles. The number of amidine groups is 1. The highest BCUT2D eigenvalue weighted by Crippen LogP contribution is 2.13. The lowest BCUT2D eigenvalue weighted by Crippen LogP contribution is -2.13. The fourth-order valence-electron chi connectivity index (χ4n) is 1.96. The van der Waals surface area contributed by atoms with Crippen LogP contribution in [0.4, 0.5) is 5.69 Å². The Labute approximate surface area is 118 Å². The van der Waals surface area contributed by atoms with Gasteiger partial charge in [0.25, 0.3) is 0 Å². The van der Waals surface area contributed by atoms with Gasteiger partial charge in [-0.3, -0.25) is 0 Å². The summed E-state index contributed by atoms with van der Waals surface area (Å²) in [6.45, 7) is 2.88. The standard InChI is InChI=1S/C16H19N3O/c1-2-12-4-3-5-15(10-12)18-11-13-6-8-14(9-7-13)16(17)19-20/h3-10,18,20H,2,11H2,1H3,(H2,17,19). The zero-order valence-corrected chi connectivity index (χ0v) is 11.5. The van der Waals surface area contributed by atoms with Gasteiger partial charge in [-0.15, -0.1) is 0 Å². The molecular formula is C16H19N3O. The van der Waals surface area contributed by atoms with Crippen molar-refractivity contribution in [3.05, 3.63) is 65.2 Å². The molecule has 0 bridgehead atoms. The van der Waals surface area contributed by atoms with Gasteiger partial charge in [0.05, 0.1) is 0 Å². The summed E-state index contributed by atoms with van der Waals surface area (Å²) in [7, 11) is 0. The Hall–Kier alpha value is -2.49. The molecule has 20 heavy (non-hydrogen) atoms. The van der Waals surface area contributed by atoms with E-state index >= 15 is 0 Å². The Morgan fingerprint density at radius 3 is 2.55 bits per heavy atom. The molecule has 2 rings (SSSR count). The number of anilines is 1. The SMILES string of the molecule is CCc1cccc(NCc2ccc(C(N)=NO)cc2)c1. The van der Waals surface area contributed by atoms with Crippen molar-refractivity contribution in [3.8, 4) is 0 Å². The smallest absolute Gasteiger partial charge is 0.170 e. The first-order valence-electron chi connectivity index (χ1n) is 6.62. The largest absolute Gasteiger partial charge is 0.409 e. The van der Waals surface area contributed by atoms with Crippen molar-refractivity contribution in [3.63, 3.8) is 0 Å². The molecule has 0 saturated heterocycles. The van der Waals surface area contributed by atoms with Crippen molar-refractivity contribution in [1.29, 1.82) is 0 Å². The number of aryl methyl sites for hydroxylation is 1. The zero-order chi connectivity index (χ0) is 14.4. The third-order valence-electron chi connectivity index (χ3n) is 3.19. The second-order valence-electron chi connectivity index (χ2n) is 4.59. The Kier molecular flexibility index (Phi) is 4.60. The van der Waals surface area contributed by atoms with E-state index in [1.54, 1.807) is 0 Å². The maximum atomic E-state index is 8.61. The fraction of sp³-hybridized carbons (Fsp3) is 0.188. The number of rotatable bonds is 5. The summed E-state index contributed by atoms with van der Waals surface area (Å²) in [6.07, 6.45) is 1.03. The van der Waals surface area contributed by atoms with Crippen LogP contribution < -0.4 is 11.1 Å². The fourth-order valence-corrected chi connectivity index (χ4v) is 1.96. The Bertz CT molecular complexity index is 591. The number of nitrogens with zero attached hydrogens (tertiary/aromatic N) is 1. The van der Waals surface area contributed by atoms with Crippen LogP contribution in [-0.4, -0.2) is 11.0 Å². The van der Waals surface area contributed by atoms with Crippen LogP contribution in [0.1, 0.15) is 23.6 Å². The normalized spacial score (nSPS) is 11.3. The molecule has 4 nitrogen and oxygen atoms in total. The molecule has 0 amide bonds. The Balaban J connectivity index is 2.00. The molecule has 4 N–H and O–H groups in total. The number of nitrogens with two attached hydrogens (primary N) is 1. The van der Waals surface area contributed by atoms with Crippen molar-refractivity contribution in [1.82, 2.24) is 0 Å². The van der Waals surface area contributed by atoms with Crippen LogP contribution in [0.2, 0.25) is 0 Å². The molecule has 0 unspecified atom stereocenters. The Morgan fingerprint density at radius 2 is 1.90 bits per heavy atom. The highest BCUT2D eigenvalue weighted by atomic mass is 16.4. The minimum absolute atomic E-state index is 0.125. The first-order valence-corrected chi connectivity index (χ1v) is 6.62. The minimum atomic E-state index is 0.125. The molecule has 0 heterocycles. The van der Waals surface area contributed by atoms with Crippen molar-refractivity contribution >= 4 is 11.5 Å². The van der Waals surface area contributed by atoms with E-state index in [2.05, 4.69) is 41.7 Å². The molecule has 0 aliphatic heterocycles. The van der Waals surface area contributed by atoms with Gasteiger partial charge in [-0.05, 0) is 29.7 Å². The summed E-state index contributed by atoms with van der Waals surface area (Å²) in [6, 6.07) is 16.0. The average Bonchev–Trinajstić information content (AvgIpc) is 2.53. The van der Waals surface area contributed by atoms with Crippen LogP contribution in [0.5, 0.6) is 0 Å². The maximum absolute atomic E-state index is 8.61. The van der Waals surface area contributed by atoms with E-state index in [1.165, 1.54) is 5.56 Å². The predicted octanol–water partition coefficient (Wildman–Crippen LogP) is 2.96. The van der Waals surface area contributed by atoms with Gasteiger partial charge in [0.15, 0.2) is 5.84 Å². The topological polar surface area (TPSA) is 70.6 Å². The first-order chi connectivity index (χ1) is 9.72. The number of benzene rings is 2. The molecule has 4 heteroatoms. The number of nitrogens with one attached hydrogen (secondary N) is 1. The molecule has 0 spiro atoms. The number of oxime groups is 1. The summed E-state index contributed by atoms with van der Waals surface area (Å²) in [5.41, 5.74) is 9.81. The van der Waals surface area contributed by atoms with Gasteiger partial charge in [-0.25, -0.2) is 0 Å². The third-order valence-corrected chi connectivity index (χ3v) is 3.19.